The van der Waals surface area contributed by atoms with E-state index >= 15 is 0 Å². The molecule has 0 atom stereocenters. The van der Waals surface area contributed by atoms with Crippen LogP contribution in [0.2, 0.25) is 0 Å². The van der Waals surface area contributed by atoms with E-state index in [1.165, 1.54) is 6.33 Å². The van der Waals surface area contributed by atoms with Crippen molar-refractivity contribution >= 4 is 43.2 Å². The zero-order chi connectivity index (χ0) is 12.5. The highest BCUT2D eigenvalue weighted by Gasteiger charge is 2.10. The maximum atomic E-state index is 5.81. The summed E-state index contributed by atoms with van der Waals surface area (Å²) in [6.45, 7) is 0. The van der Waals surface area contributed by atoms with Crippen molar-refractivity contribution in [2.75, 3.05) is 5.73 Å². The van der Waals surface area contributed by atoms with Gasteiger partial charge in [-0.25, -0.2) is 9.97 Å². The summed E-state index contributed by atoms with van der Waals surface area (Å²) in [5.41, 5.74) is 7.32. The number of ether oxygens (including phenoxy) is 1. The number of anilines is 1. The fourth-order valence-corrected chi connectivity index (χ4v) is 2.66. The molecule has 0 spiro atoms. The van der Waals surface area contributed by atoms with E-state index in [1.54, 1.807) is 17.4 Å². The van der Waals surface area contributed by atoms with Crippen molar-refractivity contribution in [2.24, 2.45) is 0 Å². The van der Waals surface area contributed by atoms with Crippen molar-refractivity contribution in [3.63, 3.8) is 0 Å². The van der Waals surface area contributed by atoms with Crippen molar-refractivity contribution in [3.05, 3.63) is 40.4 Å². The zero-order valence-corrected chi connectivity index (χ0v) is 11.5. The Morgan fingerprint density at radius 2 is 2.11 bits per heavy atom. The minimum atomic E-state index is 0.543. The summed E-state index contributed by atoms with van der Waals surface area (Å²) in [5, 5.41) is 1.96. The van der Waals surface area contributed by atoms with Crippen LogP contribution in [0, 0.1) is 0 Å². The van der Waals surface area contributed by atoms with Crippen LogP contribution in [0.5, 0.6) is 11.6 Å². The second-order valence-corrected chi connectivity index (χ2v) is 5.28. The van der Waals surface area contributed by atoms with Crippen molar-refractivity contribution in [1.82, 2.24) is 9.97 Å². The zero-order valence-electron chi connectivity index (χ0n) is 9.13. The number of hydrogen-bond donors (Lipinski definition) is 1. The van der Waals surface area contributed by atoms with Gasteiger partial charge in [0.1, 0.15) is 16.8 Å². The molecule has 4 nitrogen and oxygen atoms in total. The highest BCUT2D eigenvalue weighted by Crippen LogP contribution is 2.36. The van der Waals surface area contributed by atoms with Gasteiger partial charge in [-0.05, 0) is 39.5 Å². The van der Waals surface area contributed by atoms with Crippen molar-refractivity contribution in [1.29, 1.82) is 0 Å². The molecule has 0 bridgehead atoms. The van der Waals surface area contributed by atoms with Gasteiger partial charge in [0.2, 0.25) is 5.88 Å². The average molecular weight is 322 g/mol. The largest absolute Gasteiger partial charge is 0.436 e. The third-order valence-corrected chi connectivity index (χ3v) is 4.15. The van der Waals surface area contributed by atoms with Crippen LogP contribution in [-0.4, -0.2) is 9.97 Å². The fourth-order valence-electron chi connectivity index (χ4n) is 1.55. The number of halogens is 1. The number of benzene rings is 1. The van der Waals surface area contributed by atoms with Crippen LogP contribution in [-0.2, 0) is 0 Å². The first-order valence-electron chi connectivity index (χ1n) is 5.16. The predicted octanol–water partition coefficient (Wildman–Crippen LogP) is 3.83. The number of thiophene rings is 1. The van der Waals surface area contributed by atoms with Crippen LogP contribution in [0.15, 0.2) is 40.4 Å². The predicted molar refractivity (Wildman–Crippen MR) is 76.0 cm³/mol. The van der Waals surface area contributed by atoms with Crippen LogP contribution in [0.25, 0.3) is 10.2 Å². The van der Waals surface area contributed by atoms with Crippen LogP contribution in [0.4, 0.5) is 5.69 Å². The lowest BCUT2D eigenvalue weighted by Gasteiger charge is -2.08. The Morgan fingerprint density at radius 3 is 3.00 bits per heavy atom. The normalized spacial score (nSPS) is 10.7. The van der Waals surface area contributed by atoms with Crippen molar-refractivity contribution in [2.45, 2.75) is 0 Å². The topological polar surface area (TPSA) is 61.0 Å². The number of nitrogens with two attached hydrogens (primary N) is 1. The average Bonchev–Trinajstić information content (AvgIpc) is 2.84. The Kier molecular flexibility index (Phi) is 2.89. The summed E-state index contributed by atoms with van der Waals surface area (Å²) in [5.74, 6) is 1.18. The molecular weight excluding hydrogens is 314 g/mol. The van der Waals surface area contributed by atoms with Gasteiger partial charge in [-0.1, -0.05) is 6.07 Å². The van der Waals surface area contributed by atoms with E-state index in [9.17, 15) is 0 Å². The number of hydrogen-bond acceptors (Lipinski definition) is 5. The van der Waals surface area contributed by atoms with Crippen LogP contribution < -0.4 is 10.5 Å². The number of nitrogen functional groups attached to an aromatic ring is 1. The molecular formula is C12H8BrN3OS. The summed E-state index contributed by atoms with van der Waals surface area (Å²) in [6.07, 6.45) is 1.49. The van der Waals surface area contributed by atoms with Gasteiger partial charge >= 0.3 is 0 Å². The smallest absolute Gasteiger partial charge is 0.240 e. The van der Waals surface area contributed by atoms with Gasteiger partial charge in [-0.15, -0.1) is 11.3 Å². The minimum Gasteiger partial charge on any atom is -0.436 e. The SMILES string of the molecule is Nc1cccc(Oc2ncnc3ccsc23)c1Br. The Bertz CT molecular complexity index is 713. The number of nitrogens with zero attached hydrogens (tertiary/aromatic N) is 2. The molecule has 0 aliphatic carbocycles. The lowest BCUT2D eigenvalue weighted by molar-refractivity contribution is 0.466. The van der Waals surface area contributed by atoms with E-state index in [1.807, 2.05) is 23.6 Å². The first-order chi connectivity index (χ1) is 8.75. The summed E-state index contributed by atoms with van der Waals surface area (Å²) < 4.78 is 7.45. The summed E-state index contributed by atoms with van der Waals surface area (Å²) >= 11 is 4.95. The first kappa shape index (κ1) is 11.4. The molecule has 0 radical (unpaired) electrons. The molecule has 2 aromatic heterocycles. The lowest BCUT2D eigenvalue weighted by atomic mass is 10.3. The highest BCUT2D eigenvalue weighted by atomic mass is 79.9. The van der Waals surface area contributed by atoms with Crippen LogP contribution in [0.3, 0.4) is 0 Å². The highest BCUT2D eigenvalue weighted by molar-refractivity contribution is 9.10. The van der Waals surface area contributed by atoms with Crippen molar-refractivity contribution < 1.29 is 4.74 Å². The summed E-state index contributed by atoms with van der Waals surface area (Å²) in [4.78, 5) is 8.33. The molecule has 3 rings (SSSR count). The second kappa shape index (κ2) is 4.55. The number of rotatable bonds is 2. The monoisotopic (exact) mass is 321 g/mol. The van der Waals surface area contributed by atoms with Crippen molar-refractivity contribution in [3.8, 4) is 11.6 Å². The Morgan fingerprint density at radius 1 is 1.22 bits per heavy atom. The minimum absolute atomic E-state index is 0.543. The van der Waals surface area contributed by atoms with E-state index in [2.05, 4.69) is 25.9 Å². The van der Waals surface area contributed by atoms with Gasteiger partial charge in [0.05, 0.1) is 9.99 Å². The Labute approximate surface area is 116 Å². The van der Waals surface area contributed by atoms with Gasteiger partial charge in [0, 0.05) is 5.69 Å². The first-order valence-corrected chi connectivity index (χ1v) is 6.83. The quantitative estimate of drug-likeness (QED) is 0.729. The van der Waals surface area contributed by atoms with E-state index in [0.717, 1.165) is 14.7 Å². The number of aromatic nitrogens is 2. The van der Waals surface area contributed by atoms with Gasteiger partial charge in [0.25, 0.3) is 0 Å². The molecule has 0 aliphatic rings. The molecule has 0 aliphatic heterocycles. The molecule has 0 fully saturated rings. The maximum Gasteiger partial charge on any atom is 0.240 e. The Balaban J connectivity index is 2.06. The van der Waals surface area contributed by atoms with Crippen LogP contribution >= 0.6 is 27.3 Å². The molecule has 0 saturated heterocycles. The molecule has 90 valence electrons. The third-order valence-electron chi connectivity index (χ3n) is 2.41. The van der Waals surface area contributed by atoms with Gasteiger partial charge in [-0.2, -0.15) is 0 Å². The molecule has 0 unspecified atom stereocenters. The van der Waals surface area contributed by atoms with Gasteiger partial charge in [-0.3, -0.25) is 0 Å². The van der Waals surface area contributed by atoms with Gasteiger partial charge in [0.15, 0.2) is 0 Å². The third kappa shape index (κ3) is 1.93. The summed E-state index contributed by atoms with van der Waals surface area (Å²) in [7, 11) is 0. The standard InChI is InChI=1S/C12H8BrN3OS/c13-10-7(14)2-1-3-9(10)17-12-11-8(4-5-18-11)15-6-16-12/h1-6H,14H2. The van der Waals surface area contributed by atoms with E-state index in [-0.39, 0.29) is 0 Å². The van der Waals surface area contributed by atoms with Crippen LogP contribution in [0.1, 0.15) is 0 Å². The van der Waals surface area contributed by atoms with E-state index in [4.69, 9.17) is 10.5 Å². The fraction of sp³-hybridized carbons (Fsp3) is 0. The number of fused-ring (bicyclic) bond motifs is 1. The van der Waals surface area contributed by atoms with E-state index in [0.29, 0.717) is 17.3 Å². The molecule has 2 N–H and O–H groups in total. The molecule has 2 heterocycles. The Hall–Kier alpha value is -1.66. The van der Waals surface area contributed by atoms with Gasteiger partial charge < -0.3 is 10.5 Å². The van der Waals surface area contributed by atoms with E-state index < -0.39 is 0 Å². The summed E-state index contributed by atoms with van der Waals surface area (Å²) in [6, 6.07) is 7.41. The molecule has 3 aromatic rings. The molecule has 0 saturated carbocycles. The maximum absolute atomic E-state index is 5.81. The lowest BCUT2D eigenvalue weighted by Crippen LogP contribution is -1.93. The molecule has 6 heteroatoms. The molecule has 1 aromatic carbocycles. The second-order valence-electron chi connectivity index (χ2n) is 3.58. The molecule has 0 amide bonds. The molecule has 18 heavy (non-hydrogen) atoms.